The fraction of sp³-hybridized carbons (Fsp3) is 0.857. The highest BCUT2D eigenvalue weighted by molar-refractivity contribution is 5.71. The Morgan fingerprint density at radius 3 is 2.40 bits per heavy atom. The van der Waals surface area contributed by atoms with Gasteiger partial charge in [-0.05, 0) is 19.4 Å². The summed E-state index contributed by atoms with van der Waals surface area (Å²) in [6, 6.07) is 0.132. The predicted octanol–water partition coefficient (Wildman–Crippen LogP) is 0.315. The Kier molecular flexibility index (Phi) is 1.94. The third kappa shape index (κ3) is 1.14. The van der Waals surface area contributed by atoms with E-state index in [1.807, 2.05) is 13.8 Å². The number of carboxylic acid groups (broad SMARTS) is 1. The van der Waals surface area contributed by atoms with Crippen molar-refractivity contribution >= 4 is 5.97 Å². The van der Waals surface area contributed by atoms with E-state index >= 15 is 0 Å². The topological polar surface area (TPSA) is 49.3 Å². The van der Waals surface area contributed by atoms with Gasteiger partial charge in [0, 0.05) is 6.04 Å². The van der Waals surface area contributed by atoms with Gasteiger partial charge in [0.05, 0.1) is 5.92 Å². The molecule has 1 aliphatic heterocycles. The molecule has 1 rings (SSSR count). The molecule has 0 amide bonds. The molecule has 0 aromatic heterocycles. The summed E-state index contributed by atoms with van der Waals surface area (Å²) in [7, 11) is 0. The number of hydrogen-bond donors (Lipinski definition) is 2. The van der Waals surface area contributed by atoms with E-state index in [9.17, 15) is 4.79 Å². The third-order valence-electron chi connectivity index (χ3n) is 2.20. The number of hydrogen-bond acceptors (Lipinski definition) is 2. The van der Waals surface area contributed by atoms with E-state index in [1.165, 1.54) is 0 Å². The summed E-state index contributed by atoms with van der Waals surface area (Å²) in [5, 5.41) is 11.8. The predicted molar refractivity (Wildman–Crippen MR) is 37.8 cm³/mol. The van der Waals surface area contributed by atoms with Crippen molar-refractivity contribution < 1.29 is 9.90 Å². The minimum Gasteiger partial charge on any atom is -0.481 e. The van der Waals surface area contributed by atoms with Gasteiger partial charge in [-0.25, -0.2) is 0 Å². The second-order valence-corrected chi connectivity index (χ2v) is 3.04. The zero-order chi connectivity index (χ0) is 7.72. The monoisotopic (exact) mass is 143 g/mol. The maximum absolute atomic E-state index is 10.6. The van der Waals surface area contributed by atoms with Crippen molar-refractivity contribution in [2.45, 2.75) is 19.9 Å². The highest BCUT2D eigenvalue weighted by Gasteiger charge is 2.35. The molecule has 10 heavy (non-hydrogen) atoms. The average Bonchev–Trinajstić information content (AvgIpc) is 2.11. The minimum atomic E-state index is -0.676. The molecule has 58 valence electrons. The molecule has 0 radical (unpaired) electrons. The van der Waals surface area contributed by atoms with Gasteiger partial charge in [-0.1, -0.05) is 6.92 Å². The number of rotatable bonds is 1. The van der Waals surface area contributed by atoms with Crippen LogP contribution in [-0.4, -0.2) is 23.7 Å². The fourth-order valence-corrected chi connectivity index (χ4v) is 1.58. The molecule has 3 heteroatoms. The molecular formula is C7H13NO2. The van der Waals surface area contributed by atoms with Crippen LogP contribution >= 0.6 is 0 Å². The van der Waals surface area contributed by atoms with Crippen molar-refractivity contribution in [1.29, 1.82) is 0 Å². The van der Waals surface area contributed by atoms with E-state index in [1.54, 1.807) is 0 Å². The standard InChI is InChI=1S/C7H13NO2/c1-4-3-8-5(2)6(4)7(9)10/h4-6,8H,3H2,1-2H3,(H,9,10). The van der Waals surface area contributed by atoms with Crippen LogP contribution in [0.3, 0.4) is 0 Å². The lowest BCUT2D eigenvalue weighted by atomic mass is 9.93. The first-order chi connectivity index (χ1) is 4.63. The van der Waals surface area contributed by atoms with Crippen LogP contribution in [0.4, 0.5) is 0 Å². The van der Waals surface area contributed by atoms with E-state index in [0.717, 1.165) is 6.54 Å². The lowest BCUT2D eigenvalue weighted by molar-refractivity contribution is -0.143. The van der Waals surface area contributed by atoms with Gasteiger partial charge >= 0.3 is 5.97 Å². The summed E-state index contributed by atoms with van der Waals surface area (Å²) in [6.45, 7) is 4.72. The van der Waals surface area contributed by atoms with Crippen LogP contribution in [0.25, 0.3) is 0 Å². The Morgan fingerprint density at radius 1 is 1.60 bits per heavy atom. The molecular weight excluding hydrogens is 130 g/mol. The van der Waals surface area contributed by atoms with Crippen molar-refractivity contribution in [3.05, 3.63) is 0 Å². The van der Waals surface area contributed by atoms with Gasteiger partial charge in [-0.3, -0.25) is 4.79 Å². The molecule has 2 N–H and O–H groups in total. The molecule has 1 saturated heterocycles. The lowest BCUT2D eigenvalue weighted by Crippen LogP contribution is -2.29. The zero-order valence-corrected chi connectivity index (χ0v) is 6.29. The smallest absolute Gasteiger partial charge is 0.308 e. The van der Waals surface area contributed by atoms with Crippen LogP contribution in [0.5, 0.6) is 0 Å². The summed E-state index contributed by atoms with van der Waals surface area (Å²) in [5.41, 5.74) is 0. The third-order valence-corrected chi connectivity index (χ3v) is 2.20. The molecule has 3 nitrogen and oxygen atoms in total. The summed E-state index contributed by atoms with van der Waals surface area (Å²) >= 11 is 0. The van der Waals surface area contributed by atoms with Crippen molar-refractivity contribution in [2.75, 3.05) is 6.54 Å². The van der Waals surface area contributed by atoms with E-state index < -0.39 is 5.97 Å². The van der Waals surface area contributed by atoms with Crippen LogP contribution in [-0.2, 0) is 4.79 Å². The summed E-state index contributed by atoms with van der Waals surface area (Å²) < 4.78 is 0. The van der Waals surface area contributed by atoms with Gasteiger partial charge in [0.25, 0.3) is 0 Å². The highest BCUT2D eigenvalue weighted by Crippen LogP contribution is 2.21. The van der Waals surface area contributed by atoms with Crippen LogP contribution in [0, 0.1) is 11.8 Å². The first kappa shape index (κ1) is 7.54. The first-order valence-corrected chi connectivity index (χ1v) is 3.59. The average molecular weight is 143 g/mol. The molecule has 0 spiro atoms. The highest BCUT2D eigenvalue weighted by atomic mass is 16.4. The molecule has 3 unspecified atom stereocenters. The number of aliphatic carboxylic acids is 1. The Morgan fingerprint density at radius 2 is 2.20 bits per heavy atom. The van der Waals surface area contributed by atoms with E-state index in [2.05, 4.69) is 5.32 Å². The van der Waals surface area contributed by atoms with Gasteiger partial charge in [-0.15, -0.1) is 0 Å². The van der Waals surface area contributed by atoms with Crippen LogP contribution in [0.2, 0.25) is 0 Å². The largest absolute Gasteiger partial charge is 0.481 e. The SMILES string of the molecule is CC1CNC(C)C1C(=O)O. The zero-order valence-electron chi connectivity index (χ0n) is 6.29. The Labute approximate surface area is 60.4 Å². The molecule has 1 fully saturated rings. The van der Waals surface area contributed by atoms with Gasteiger partial charge in [0.15, 0.2) is 0 Å². The van der Waals surface area contributed by atoms with E-state index in [4.69, 9.17) is 5.11 Å². The maximum Gasteiger partial charge on any atom is 0.308 e. The fourth-order valence-electron chi connectivity index (χ4n) is 1.58. The lowest BCUT2D eigenvalue weighted by Gasteiger charge is -2.12. The number of carbonyl (C=O) groups is 1. The van der Waals surface area contributed by atoms with E-state index in [0.29, 0.717) is 0 Å². The Bertz CT molecular complexity index is 137. The van der Waals surface area contributed by atoms with Crippen LogP contribution in [0.1, 0.15) is 13.8 Å². The maximum atomic E-state index is 10.6. The van der Waals surface area contributed by atoms with Crippen LogP contribution in [0.15, 0.2) is 0 Å². The second-order valence-electron chi connectivity index (χ2n) is 3.04. The molecule has 1 heterocycles. The normalized spacial score (nSPS) is 40.0. The van der Waals surface area contributed by atoms with Crippen molar-refractivity contribution in [3.63, 3.8) is 0 Å². The molecule has 0 aromatic rings. The Hall–Kier alpha value is -0.570. The van der Waals surface area contributed by atoms with Crippen molar-refractivity contribution in [2.24, 2.45) is 11.8 Å². The van der Waals surface area contributed by atoms with Crippen molar-refractivity contribution in [3.8, 4) is 0 Å². The summed E-state index contributed by atoms with van der Waals surface area (Å²) in [5.74, 6) is -0.600. The Balaban J connectivity index is 2.63. The molecule has 3 atom stereocenters. The molecule has 1 aliphatic rings. The van der Waals surface area contributed by atoms with Gasteiger partial charge in [0.1, 0.15) is 0 Å². The number of carboxylic acids is 1. The summed E-state index contributed by atoms with van der Waals surface area (Å²) in [4.78, 5) is 10.6. The molecule has 0 bridgehead atoms. The molecule has 0 aliphatic carbocycles. The minimum absolute atomic E-state index is 0.132. The second kappa shape index (κ2) is 2.58. The van der Waals surface area contributed by atoms with Gasteiger partial charge < -0.3 is 10.4 Å². The van der Waals surface area contributed by atoms with Crippen LogP contribution < -0.4 is 5.32 Å². The van der Waals surface area contributed by atoms with E-state index in [-0.39, 0.29) is 17.9 Å². The quantitative estimate of drug-likeness (QED) is 0.555. The van der Waals surface area contributed by atoms with Gasteiger partial charge in [-0.2, -0.15) is 0 Å². The van der Waals surface area contributed by atoms with Crippen molar-refractivity contribution in [1.82, 2.24) is 5.32 Å². The first-order valence-electron chi connectivity index (χ1n) is 3.59. The number of nitrogens with one attached hydrogen (secondary N) is 1. The molecule has 0 aromatic carbocycles. The van der Waals surface area contributed by atoms with Gasteiger partial charge in [0.2, 0.25) is 0 Å². The summed E-state index contributed by atoms with van der Waals surface area (Å²) in [6.07, 6.45) is 0. The molecule has 0 saturated carbocycles.